The minimum Gasteiger partial charge on any atom is -0.219 e. The summed E-state index contributed by atoms with van der Waals surface area (Å²) in [6.07, 6.45) is 0. The van der Waals surface area contributed by atoms with E-state index in [9.17, 15) is 8.42 Å². The van der Waals surface area contributed by atoms with E-state index in [0.29, 0.717) is 4.48 Å². The fourth-order valence-corrected chi connectivity index (χ4v) is 2.88. The first-order valence-corrected chi connectivity index (χ1v) is 6.66. The highest BCUT2D eigenvalue weighted by Crippen LogP contribution is 2.16. The first kappa shape index (κ1) is 11.8. The predicted molar refractivity (Wildman–Crippen MR) is 61.4 cm³/mol. The molecule has 14 heavy (non-hydrogen) atoms. The lowest BCUT2D eigenvalue weighted by Crippen LogP contribution is -1.96. The van der Waals surface area contributed by atoms with Gasteiger partial charge in [-0.1, -0.05) is 34.1 Å². The topological polar surface area (TPSA) is 34.1 Å². The van der Waals surface area contributed by atoms with Crippen LogP contribution in [0.25, 0.3) is 0 Å². The summed E-state index contributed by atoms with van der Waals surface area (Å²) in [6, 6.07) is 8.20. The SMILES string of the molecule is O=S(=O)(C=C(Br)CCl)c1ccccc1. The van der Waals surface area contributed by atoms with Gasteiger partial charge < -0.3 is 0 Å². The Morgan fingerprint density at radius 1 is 1.36 bits per heavy atom. The molecule has 0 N–H and O–H groups in total. The highest BCUT2D eigenvalue weighted by atomic mass is 79.9. The highest BCUT2D eigenvalue weighted by molar-refractivity contribution is 9.11. The summed E-state index contributed by atoms with van der Waals surface area (Å²) < 4.78 is 23.7. The van der Waals surface area contributed by atoms with Crippen LogP contribution < -0.4 is 0 Å². The highest BCUT2D eigenvalue weighted by Gasteiger charge is 2.10. The number of allylic oxidation sites excluding steroid dienone is 1. The van der Waals surface area contributed by atoms with Crippen LogP contribution in [0.2, 0.25) is 0 Å². The molecule has 0 unspecified atom stereocenters. The number of hydrogen-bond donors (Lipinski definition) is 0. The quantitative estimate of drug-likeness (QED) is 0.804. The van der Waals surface area contributed by atoms with Crippen molar-refractivity contribution < 1.29 is 8.42 Å². The van der Waals surface area contributed by atoms with Crippen LogP contribution in [0.3, 0.4) is 0 Å². The van der Waals surface area contributed by atoms with Gasteiger partial charge >= 0.3 is 0 Å². The number of sulfone groups is 1. The maximum atomic E-state index is 11.6. The number of benzene rings is 1. The summed E-state index contributed by atoms with van der Waals surface area (Å²) in [5, 5.41) is 1.12. The van der Waals surface area contributed by atoms with Crippen LogP contribution in [-0.4, -0.2) is 14.3 Å². The third-order valence-electron chi connectivity index (χ3n) is 1.48. The molecule has 0 aromatic heterocycles. The zero-order valence-corrected chi connectivity index (χ0v) is 10.3. The Kier molecular flexibility index (Phi) is 4.16. The van der Waals surface area contributed by atoms with Gasteiger partial charge in [-0.2, -0.15) is 0 Å². The molecule has 5 heteroatoms. The lowest BCUT2D eigenvalue weighted by Gasteiger charge is -1.98. The summed E-state index contributed by atoms with van der Waals surface area (Å²) in [5.41, 5.74) is 0. The average molecular weight is 296 g/mol. The van der Waals surface area contributed by atoms with E-state index in [4.69, 9.17) is 11.6 Å². The zero-order valence-electron chi connectivity index (χ0n) is 7.15. The van der Waals surface area contributed by atoms with E-state index in [-0.39, 0.29) is 10.8 Å². The first-order valence-electron chi connectivity index (χ1n) is 3.78. The smallest absolute Gasteiger partial charge is 0.200 e. The molecule has 76 valence electrons. The van der Waals surface area contributed by atoms with Gasteiger partial charge in [0.25, 0.3) is 0 Å². The number of rotatable bonds is 3. The Balaban J connectivity index is 3.11. The van der Waals surface area contributed by atoms with Crippen LogP contribution in [0.1, 0.15) is 0 Å². The van der Waals surface area contributed by atoms with E-state index in [1.54, 1.807) is 30.3 Å². The molecule has 0 radical (unpaired) electrons. The Bertz CT molecular complexity index is 425. The van der Waals surface area contributed by atoms with Crippen LogP contribution in [0, 0.1) is 0 Å². The van der Waals surface area contributed by atoms with Gasteiger partial charge in [0.1, 0.15) is 0 Å². The Hall–Kier alpha value is -0.320. The fourth-order valence-electron chi connectivity index (χ4n) is 0.878. The minimum atomic E-state index is -3.36. The van der Waals surface area contributed by atoms with E-state index in [1.807, 2.05) is 0 Å². The Morgan fingerprint density at radius 3 is 2.43 bits per heavy atom. The van der Waals surface area contributed by atoms with Gasteiger partial charge in [0.15, 0.2) is 0 Å². The molecule has 0 spiro atoms. The molecule has 0 aliphatic carbocycles. The van der Waals surface area contributed by atoms with Crippen LogP contribution >= 0.6 is 27.5 Å². The lowest BCUT2D eigenvalue weighted by atomic mass is 10.4. The van der Waals surface area contributed by atoms with Crippen molar-refractivity contribution in [2.75, 3.05) is 5.88 Å². The summed E-state index contributed by atoms with van der Waals surface area (Å²) in [4.78, 5) is 0.266. The number of halogens is 2. The van der Waals surface area contributed by atoms with E-state index >= 15 is 0 Å². The van der Waals surface area contributed by atoms with Crippen molar-refractivity contribution in [2.45, 2.75) is 4.90 Å². The van der Waals surface area contributed by atoms with Crippen molar-refractivity contribution in [3.63, 3.8) is 0 Å². The van der Waals surface area contributed by atoms with Gasteiger partial charge in [0, 0.05) is 9.89 Å². The standard InChI is InChI=1S/C9H8BrClO2S/c10-8(6-11)7-14(12,13)9-4-2-1-3-5-9/h1-5,7H,6H2. The minimum absolute atomic E-state index is 0.145. The molecule has 1 aromatic rings. The molecule has 1 aromatic carbocycles. The number of hydrogen-bond acceptors (Lipinski definition) is 2. The fraction of sp³-hybridized carbons (Fsp3) is 0.111. The lowest BCUT2D eigenvalue weighted by molar-refractivity contribution is 0.604. The molecular formula is C9H8BrClO2S. The maximum absolute atomic E-state index is 11.6. The van der Waals surface area contributed by atoms with Crippen molar-refractivity contribution >= 4 is 37.4 Å². The molecule has 0 heterocycles. The molecule has 0 aliphatic heterocycles. The summed E-state index contributed by atoms with van der Waals surface area (Å²) in [6.45, 7) is 0. The van der Waals surface area contributed by atoms with Gasteiger partial charge in [0.05, 0.1) is 10.8 Å². The molecule has 0 fully saturated rings. The van der Waals surface area contributed by atoms with Gasteiger partial charge in [-0.15, -0.1) is 11.6 Å². The largest absolute Gasteiger partial charge is 0.219 e. The van der Waals surface area contributed by atoms with Crippen LogP contribution in [0.15, 0.2) is 45.1 Å². The summed E-state index contributed by atoms with van der Waals surface area (Å²) >= 11 is 8.53. The second-order valence-corrected chi connectivity index (χ2v) is 5.64. The van der Waals surface area contributed by atoms with E-state index in [1.165, 1.54) is 0 Å². The van der Waals surface area contributed by atoms with E-state index in [0.717, 1.165) is 5.41 Å². The van der Waals surface area contributed by atoms with Crippen LogP contribution in [0.4, 0.5) is 0 Å². The summed E-state index contributed by atoms with van der Waals surface area (Å²) in [5.74, 6) is 0.145. The monoisotopic (exact) mass is 294 g/mol. The van der Waals surface area contributed by atoms with Crippen molar-refractivity contribution in [1.82, 2.24) is 0 Å². The van der Waals surface area contributed by atoms with Crippen molar-refractivity contribution in [2.24, 2.45) is 0 Å². The first-order chi connectivity index (χ1) is 6.56. The van der Waals surface area contributed by atoms with Gasteiger partial charge in [0.2, 0.25) is 9.84 Å². The molecule has 0 amide bonds. The molecule has 0 bridgehead atoms. The second kappa shape index (κ2) is 4.96. The molecule has 0 aliphatic rings. The molecule has 0 atom stereocenters. The maximum Gasteiger partial charge on any atom is 0.200 e. The van der Waals surface area contributed by atoms with Crippen molar-refractivity contribution in [3.8, 4) is 0 Å². The second-order valence-electron chi connectivity index (χ2n) is 2.56. The summed E-state index contributed by atoms with van der Waals surface area (Å²) in [7, 11) is -3.36. The van der Waals surface area contributed by atoms with Crippen LogP contribution in [0.5, 0.6) is 0 Å². The normalized spacial score (nSPS) is 12.9. The predicted octanol–water partition coefficient (Wildman–Crippen LogP) is 2.94. The van der Waals surface area contributed by atoms with Gasteiger partial charge in [-0.05, 0) is 12.1 Å². The van der Waals surface area contributed by atoms with Crippen LogP contribution in [-0.2, 0) is 9.84 Å². The van der Waals surface area contributed by atoms with Gasteiger partial charge in [-0.25, -0.2) is 8.42 Å². The van der Waals surface area contributed by atoms with Crippen molar-refractivity contribution in [1.29, 1.82) is 0 Å². The molecule has 0 saturated carbocycles. The zero-order chi connectivity index (χ0) is 10.6. The van der Waals surface area contributed by atoms with Gasteiger partial charge in [-0.3, -0.25) is 0 Å². The molecular weight excluding hydrogens is 288 g/mol. The average Bonchev–Trinajstić information content (AvgIpc) is 2.18. The Morgan fingerprint density at radius 2 is 1.93 bits per heavy atom. The van der Waals surface area contributed by atoms with Crippen molar-refractivity contribution in [3.05, 3.63) is 40.2 Å². The Labute approximate surface area is 96.6 Å². The van der Waals surface area contributed by atoms with E-state index < -0.39 is 9.84 Å². The molecule has 2 nitrogen and oxygen atoms in total. The third-order valence-corrected chi connectivity index (χ3v) is 4.43. The third kappa shape index (κ3) is 3.12. The van der Waals surface area contributed by atoms with E-state index in [2.05, 4.69) is 15.9 Å². The molecule has 1 rings (SSSR count). The molecule has 0 saturated heterocycles. The number of alkyl halides is 1.